The molecular formula is C12H14N2O5. The summed E-state index contributed by atoms with van der Waals surface area (Å²) in [6, 6.07) is 6.32. The second-order valence-corrected chi connectivity index (χ2v) is 4.32. The third-order valence-corrected chi connectivity index (χ3v) is 3.00. The van der Waals surface area contributed by atoms with Crippen molar-refractivity contribution in [1.29, 1.82) is 0 Å². The molecule has 7 nitrogen and oxygen atoms in total. The molecule has 19 heavy (non-hydrogen) atoms. The fourth-order valence-corrected chi connectivity index (χ4v) is 2.04. The number of ether oxygens (including phenoxy) is 1. The van der Waals surface area contributed by atoms with Crippen LogP contribution < -0.4 is 5.32 Å². The van der Waals surface area contributed by atoms with Crippen molar-refractivity contribution in [2.24, 2.45) is 0 Å². The molecule has 0 radical (unpaired) electrons. The number of rotatable bonds is 5. The van der Waals surface area contributed by atoms with Gasteiger partial charge in [0.2, 0.25) is 0 Å². The minimum absolute atomic E-state index is 0.00437. The maximum absolute atomic E-state index is 10.8. The zero-order chi connectivity index (χ0) is 13.8. The molecular weight excluding hydrogens is 252 g/mol. The summed E-state index contributed by atoms with van der Waals surface area (Å²) in [5, 5.41) is 22.6. The van der Waals surface area contributed by atoms with Crippen molar-refractivity contribution < 1.29 is 19.6 Å². The zero-order valence-corrected chi connectivity index (χ0v) is 10.1. The van der Waals surface area contributed by atoms with E-state index in [0.717, 1.165) is 0 Å². The maximum Gasteiger partial charge on any atom is 0.332 e. The summed E-state index contributed by atoms with van der Waals surface area (Å²) in [6.07, 6.45) is 0.0989. The lowest BCUT2D eigenvalue weighted by Crippen LogP contribution is -2.24. The van der Waals surface area contributed by atoms with E-state index in [-0.39, 0.29) is 11.8 Å². The number of carbonyl (C=O) groups is 1. The minimum atomic E-state index is -0.965. The van der Waals surface area contributed by atoms with Gasteiger partial charge in [-0.1, -0.05) is 12.1 Å². The van der Waals surface area contributed by atoms with Gasteiger partial charge in [-0.2, -0.15) is 0 Å². The Balaban J connectivity index is 1.93. The third-order valence-electron chi connectivity index (χ3n) is 3.00. The van der Waals surface area contributed by atoms with Gasteiger partial charge >= 0.3 is 5.97 Å². The van der Waals surface area contributed by atoms with E-state index in [1.807, 2.05) is 0 Å². The van der Waals surface area contributed by atoms with Crippen LogP contribution in [0.2, 0.25) is 0 Å². The van der Waals surface area contributed by atoms with Crippen LogP contribution in [0.15, 0.2) is 24.3 Å². The van der Waals surface area contributed by atoms with Crippen LogP contribution in [0.1, 0.15) is 12.8 Å². The number of para-hydroxylation sites is 2. The summed E-state index contributed by atoms with van der Waals surface area (Å²) in [5.74, 6) is -0.965. The molecule has 1 aliphatic rings. The SMILES string of the molecule is O=C(O)C1CCC(CNc2ccccc2[N+](=O)[O-])O1. The average Bonchev–Trinajstić information content (AvgIpc) is 2.85. The number of carboxylic acids is 1. The van der Waals surface area contributed by atoms with E-state index in [0.29, 0.717) is 25.1 Å². The number of nitrogens with one attached hydrogen (secondary N) is 1. The molecule has 0 amide bonds. The molecule has 1 aromatic rings. The first-order valence-electron chi connectivity index (χ1n) is 5.93. The molecule has 1 aromatic carbocycles. The number of nitrogens with zero attached hydrogens (tertiary/aromatic N) is 1. The Morgan fingerprint density at radius 3 is 2.84 bits per heavy atom. The van der Waals surface area contributed by atoms with Gasteiger partial charge in [0, 0.05) is 12.6 Å². The summed E-state index contributed by atoms with van der Waals surface area (Å²) in [5.41, 5.74) is 0.408. The Hall–Kier alpha value is -2.15. The largest absolute Gasteiger partial charge is 0.479 e. The van der Waals surface area contributed by atoms with Crippen LogP contribution in [0.5, 0.6) is 0 Å². The molecule has 102 valence electrons. The zero-order valence-electron chi connectivity index (χ0n) is 10.1. The normalized spacial score (nSPS) is 22.1. The maximum atomic E-state index is 10.8. The molecule has 0 aliphatic carbocycles. The first-order valence-corrected chi connectivity index (χ1v) is 5.93. The second-order valence-electron chi connectivity index (χ2n) is 4.32. The van der Waals surface area contributed by atoms with E-state index in [2.05, 4.69) is 5.32 Å². The number of anilines is 1. The summed E-state index contributed by atoms with van der Waals surface area (Å²) in [7, 11) is 0. The molecule has 1 saturated heterocycles. The first-order chi connectivity index (χ1) is 9.08. The van der Waals surface area contributed by atoms with E-state index in [9.17, 15) is 14.9 Å². The number of nitro benzene ring substituents is 1. The summed E-state index contributed by atoms with van der Waals surface area (Å²) in [6.45, 7) is 0.356. The number of hydrogen-bond donors (Lipinski definition) is 2. The lowest BCUT2D eigenvalue weighted by atomic mass is 10.2. The smallest absolute Gasteiger partial charge is 0.332 e. The monoisotopic (exact) mass is 266 g/mol. The predicted molar refractivity (Wildman–Crippen MR) is 67.1 cm³/mol. The lowest BCUT2D eigenvalue weighted by Gasteiger charge is -2.13. The Labute approximate surface area is 109 Å². The molecule has 1 heterocycles. The van der Waals surface area contributed by atoms with Crippen LogP contribution in [0, 0.1) is 10.1 Å². The van der Waals surface area contributed by atoms with E-state index in [4.69, 9.17) is 9.84 Å². The van der Waals surface area contributed by atoms with Crippen molar-refractivity contribution in [2.45, 2.75) is 25.0 Å². The van der Waals surface area contributed by atoms with E-state index in [1.54, 1.807) is 18.2 Å². The van der Waals surface area contributed by atoms with Gasteiger partial charge in [-0.3, -0.25) is 10.1 Å². The average molecular weight is 266 g/mol. The number of aliphatic carboxylic acids is 1. The summed E-state index contributed by atoms with van der Waals surface area (Å²) >= 11 is 0. The lowest BCUT2D eigenvalue weighted by molar-refractivity contribution is -0.384. The van der Waals surface area contributed by atoms with Crippen LogP contribution in [0.4, 0.5) is 11.4 Å². The molecule has 7 heteroatoms. The molecule has 1 aliphatic heterocycles. The summed E-state index contributed by atoms with van der Waals surface area (Å²) in [4.78, 5) is 21.1. The molecule has 0 saturated carbocycles. The number of carboxylic acid groups (broad SMARTS) is 1. The molecule has 0 bridgehead atoms. The fraction of sp³-hybridized carbons (Fsp3) is 0.417. The third kappa shape index (κ3) is 3.19. The van der Waals surface area contributed by atoms with Gasteiger partial charge in [-0.25, -0.2) is 4.79 Å². The Morgan fingerprint density at radius 2 is 2.21 bits per heavy atom. The van der Waals surface area contributed by atoms with Gasteiger partial charge in [0.05, 0.1) is 11.0 Å². The van der Waals surface area contributed by atoms with Gasteiger partial charge in [0.1, 0.15) is 5.69 Å². The van der Waals surface area contributed by atoms with Crippen molar-refractivity contribution in [3.05, 3.63) is 34.4 Å². The molecule has 1 fully saturated rings. The number of nitro groups is 1. The quantitative estimate of drug-likeness (QED) is 0.620. The molecule has 0 aromatic heterocycles. The minimum Gasteiger partial charge on any atom is -0.479 e. The molecule has 2 atom stereocenters. The molecule has 2 rings (SSSR count). The van der Waals surface area contributed by atoms with Crippen molar-refractivity contribution >= 4 is 17.3 Å². The predicted octanol–water partition coefficient (Wildman–Crippen LogP) is 1.64. The standard InChI is InChI=1S/C12H14N2O5/c15-12(16)11-6-5-8(19-11)7-13-9-3-1-2-4-10(9)14(17)18/h1-4,8,11,13H,5-7H2,(H,15,16). The molecule has 2 N–H and O–H groups in total. The Kier molecular flexibility index (Phi) is 3.96. The van der Waals surface area contributed by atoms with E-state index < -0.39 is 17.0 Å². The highest BCUT2D eigenvalue weighted by molar-refractivity contribution is 5.72. The highest BCUT2D eigenvalue weighted by Gasteiger charge is 2.30. The molecule has 0 spiro atoms. The van der Waals surface area contributed by atoms with Gasteiger partial charge in [0.25, 0.3) is 5.69 Å². The van der Waals surface area contributed by atoms with Crippen molar-refractivity contribution in [3.8, 4) is 0 Å². The van der Waals surface area contributed by atoms with Crippen molar-refractivity contribution in [2.75, 3.05) is 11.9 Å². The first kappa shape index (κ1) is 13.3. The van der Waals surface area contributed by atoms with Gasteiger partial charge in [-0.15, -0.1) is 0 Å². The van der Waals surface area contributed by atoms with Crippen LogP contribution >= 0.6 is 0 Å². The number of hydrogen-bond acceptors (Lipinski definition) is 5. The topological polar surface area (TPSA) is 102 Å². The fourth-order valence-electron chi connectivity index (χ4n) is 2.04. The van der Waals surface area contributed by atoms with Crippen LogP contribution in [0.3, 0.4) is 0 Å². The Morgan fingerprint density at radius 1 is 1.47 bits per heavy atom. The van der Waals surface area contributed by atoms with Crippen molar-refractivity contribution in [1.82, 2.24) is 0 Å². The van der Waals surface area contributed by atoms with Crippen LogP contribution in [-0.2, 0) is 9.53 Å². The van der Waals surface area contributed by atoms with E-state index >= 15 is 0 Å². The number of benzene rings is 1. The van der Waals surface area contributed by atoms with Crippen molar-refractivity contribution in [3.63, 3.8) is 0 Å². The highest BCUT2D eigenvalue weighted by atomic mass is 16.6. The highest BCUT2D eigenvalue weighted by Crippen LogP contribution is 2.25. The van der Waals surface area contributed by atoms with E-state index in [1.165, 1.54) is 6.07 Å². The Bertz CT molecular complexity index is 491. The second kappa shape index (κ2) is 5.66. The van der Waals surface area contributed by atoms with Crippen LogP contribution in [0.25, 0.3) is 0 Å². The summed E-state index contributed by atoms with van der Waals surface area (Å²) < 4.78 is 5.31. The molecule has 2 unspecified atom stereocenters. The van der Waals surface area contributed by atoms with Gasteiger partial charge < -0.3 is 15.2 Å². The van der Waals surface area contributed by atoms with Gasteiger partial charge in [0.15, 0.2) is 6.10 Å². The van der Waals surface area contributed by atoms with Gasteiger partial charge in [-0.05, 0) is 18.9 Å². The van der Waals surface area contributed by atoms with Crippen LogP contribution in [-0.4, -0.2) is 34.8 Å².